The molecule has 0 saturated carbocycles. The molecule has 0 rings (SSSR count). The van der Waals surface area contributed by atoms with E-state index in [9.17, 15) is 19.5 Å². The molecule has 0 saturated heterocycles. The summed E-state index contributed by atoms with van der Waals surface area (Å²) in [6.45, 7) is 5.50. The molecule has 0 aromatic heterocycles. The van der Waals surface area contributed by atoms with Gasteiger partial charge in [-0.2, -0.15) is 0 Å². The third-order valence-corrected chi connectivity index (χ3v) is 3.51. The molecule has 0 spiro atoms. The fraction of sp³-hybridized carbons (Fsp3) is 0.706. The van der Waals surface area contributed by atoms with E-state index in [4.69, 9.17) is 27.7 Å². The maximum atomic E-state index is 12.6. The van der Waals surface area contributed by atoms with Gasteiger partial charge in [-0.1, -0.05) is 0 Å². The zero-order valence-corrected chi connectivity index (χ0v) is 17.7. The topological polar surface area (TPSA) is 234 Å². The summed E-state index contributed by atoms with van der Waals surface area (Å²) in [7, 11) is 0. The number of guanidine groups is 2. The molecule has 0 fully saturated rings. The number of nitrogens with two attached hydrogens (primary N) is 4. The molecule has 0 radical (unpaired) electrons. The van der Waals surface area contributed by atoms with Crippen molar-refractivity contribution in [2.24, 2.45) is 32.9 Å². The minimum Gasteiger partial charge on any atom is -0.480 e. The Morgan fingerprint density at radius 3 is 1.77 bits per heavy atom. The molecule has 0 aromatic rings. The normalized spacial score (nSPS) is 12.8. The van der Waals surface area contributed by atoms with E-state index in [1.165, 1.54) is 0 Å². The molecule has 0 aliphatic heterocycles. The highest BCUT2D eigenvalue weighted by atomic mass is 16.6. The zero-order chi connectivity index (χ0) is 23.3. The number of rotatable bonds is 12. The fourth-order valence-electron chi connectivity index (χ4n) is 2.26. The van der Waals surface area contributed by atoms with Gasteiger partial charge in [-0.05, 0) is 46.5 Å². The van der Waals surface area contributed by atoms with Crippen LogP contribution >= 0.6 is 0 Å². The molecule has 11 N–H and O–H groups in total. The number of aliphatic carboxylic acids is 1. The molecule has 0 aromatic carbocycles. The molecule has 1 unspecified atom stereocenters. The number of hydrogen-bond donors (Lipinski definition) is 7. The summed E-state index contributed by atoms with van der Waals surface area (Å²) in [5.74, 6) is -2.08. The highest BCUT2D eigenvalue weighted by molar-refractivity contribution is 5.89. The van der Waals surface area contributed by atoms with Crippen LogP contribution in [0.5, 0.6) is 0 Å². The van der Waals surface area contributed by atoms with E-state index in [0.29, 0.717) is 12.8 Å². The van der Waals surface area contributed by atoms with E-state index in [2.05, 4.69) is 20.6 Å². The van der Waals surface area contributed by atoms with Gasteiger partial charge in [-0.3, -0.25) is 14.8 Å². The summed E-state index contributed by atoms with van der Waals surface area (Å²) >= 11 is 0. The SMILES string of the molecule is CC(C)(C)OC(=O)NC(CCCN=C(N)N)C(=O)N[C@@H](CCCN=C(N)N)C(=O)O. The van der Waals surface area contributed by atoms with Gasteiger partial charge in [-0.25, -0.2) is 9.59 Å². The molecule has 13 nitrogen and oxygen atoms in total. The fourth-order valence-corrected chi connectivity index (χ4v) is 2.26. The van der Waals surface area contributed by atoms with Crippen molar-refractivity contribution in [3.8, 4) is 0 Å². The summed E-state index contributed by atoms with van der Waals surface area (Å²) in [5, 5.41) is 14.2. The Morgan fingerprint density at radius 1 is 0.900 bits per heavy atom. The van der Waals surface area contributed by atoms with E-state index in [1.807, 2.05) is 0 Å². The van der Waals surface area contributed by atoms with E-state index in [0.717, 1.165) is 0 Å². The number of hydrogen-bond acceptors (Lipinski definition) is 6. The van der Waals surface area contributed by atoms with E-state index >= 15 is 0 Å². The average molecular weight is 431 g/mol. The number of ether oxygens (including phenoxy) is 1. The Kier molecular flexibility index (Phi) is 11.6. The molecule has 0 aliphatic rings. The monoisotopic (exact) mass is 430 g/mol. The van der Waals surface area contributed by atoms with Crippen molar-refractivity contribution in [1.29, 1.82) is 0 Å². The van der Waals surface area contributed by atoms with Crippen molar-refractivity contribution >= 4 is 29.9 Å². The number of nitrogens with one attached hydrogen (secondary N) is 2. The van der Waals surface area contributed by atoms with Crippen LogP contribution in [0.3, 0.4) is 0 Å². The van der Waals surface area contributed by atoms with Crippen LogP contribution in [0.2, 0.25) is 0 Å². The van der Waals surface area contributed by atoms with Crippen molar-refractivity contribution in [3.63, 3.8) is 0 Å². The largest absolute Gasteiger partial charge is 0.480 e. The number of carboxylic acid groups (broad SMARTS) is 1. The summed E-state index contributed by atoms with van der Waals surface area (Å²) in [4.78, 5) is 43.8. The summed E-state index contributed by atoms with van der Waals surface area (Å²) in [6.07, 6.45) is 0.175. The molecule has 0 heterocycles. The van der Waals surface area contributed by atoms with E-state index < -0.39 is 35.7 Å². The van der Waals surface area contributed by atoms with Gasteiger partial charge in [0.15, 0.2) is 11.9 Å². The summed E-state index contributed by atoms with van der Waals surface area (Å²) in [5.41, 5.74) is 20.2. The van der Waals surface area contributed by atoms with Crippen LogP contribution in [0.4, 0.5) is 4.79 Å². The zero-order valence-electron chi connectivity index (χ0n) is 17.7. The summed E-state index contributed by atoms with van der Waals surface area (Å²) in [6, 6.07) is -2.21. The van der Waals surface area contributed by atoms with Crippen molar-refractivity contribution in [3.05, 3.63) is 0 Å². The van der Waals surface area contributed by atoms with Gasteiger partial charge < -0.3 is 43.4 Å². The van der Waals surface area contributed by atoms with Crippen LogP contribution < -0.4 is 33.6 Å². The lowest BCUT2D eigenvalue weighted by Crippen LogP contribution is -2.52. The lowest BCUT2D eigenvalue weighted by atomic mass is 10.1. The third-order valence-electron chi connectivity index (χ3n) is 3.51. The number of carbonyl (C=O) groups is 3. The van der Waals surface area contributed by atoms with Crippen molar-refractivity contribution in [1.82, 2.24) is 10.6 Å². The minimum absolute atomic E-state index is 0.0946. The van der Waals surface area contributed by atoms with Crippen LogP contribution in [-0.4, -0.2) is 65.8 Å². The molecule has 2 atom stereocenters. The first-order valence-electron chi connectivity index (χ1n) is 9.45. The molecular weight excluding hydrogens is 396 g/mol. The second-order valence-electron chi connectivity index (χ2n) is 7.50. The first-order valence-corrected chi connectivity index (χ1v) is 9.45. The Labute approximate surface area is 175 Å². The van der Waals surface area contributed by atoms with Crippen molar-refractivity contribution in [2.45, 2.75) is 64.1 Å². The first-order chi connectivity index (χ1) is 13.8. The van der Waals surface area contributed by atoms with Crippen LogP contribution in [0.25, 0.3) is 0 Å². The predicted molar refractivity (Wildman–Crippen MR) is 113 cm³/mol. The predicted octanol–water partition coefficient (Wildman–Crippen LogP) is -1.44. The Bertz CT molecular complexity index is 637. The highest BCUT2D eigenvalue weighted by Crippen LogP contribution is 2.08. The molecule has 0 bridgehead atoms. The van der Waals surface area contributed by atoms with E-state index in [1.54, 1.807) is 20.8 Å². The maximum absolute atomic E-state index is 12.6. The Morgan fingerprint density at radius 2 is 1.37 bits per heavy atom. The Hall–Kier alpha value is -3.25. The Balaban J connectivity index is 5.05. The quantitative estimate of drug-likeness (QED) is 0.109. The smallest absolute Gasteiger partial charge is 0.408 e. The first kappa shape index (κ1) is 26.8. The van der Waals surface area contributed by atoms with Gasteiger partial charge >= 0.3 is 12.1 Å². The van der Waals surface area contributed by atoms with Crippen LogP contribution in [0.1, 0.15) is 46.5 Å². The summed E-state index contributed by atoms with van der Waals surface area (Å²) < 4.78 is 5.16. The number of nitrogens with zero attached hydrogens (tertiary/aromatic N) is 2. The maximum Gasteiger partial charge on any atom is 0.408 e. The number of aliphatic imine (C=N–C) groups is 2. The second kappa shape index (κ2) is 13.1. The lowest BCUT2D eigenvalue weighted by molar-refractivity contribution is -0.142. The average Bonchev–Trinajstić information content (AvgIpc) is 2.57. The minimum atomic E-state index is -1.22. The van der Waals surface area contributed by atoms with Gasteiger partial charge in [0.05, 0.1) is 0 Å². The standard InChI is InChI=1S/C17H34N8O5/c1-17(2,3)30-16(29)25-10(6-4-8-22-14(18)19)12(26)24-11(13(27)28)7-5-9-23-15(20)21/h10-11H,4-9H2,1-3H3,(H,24,26)(H,25,29)(H,27,28)(H4,18,19,22)(H4,20,21,23)/t10?,11-/m0/s1. The van der Waals surface area contributed by atoms with Crippen LogP contribution in [0, 0.1) is 0 Å². The number of carboxylic acids is 1. The lowest BCUT2D eigenvalue weighted by Gasteiger charge is -2.24. The molecule has 2 amide bonds. The van der Waals surface area contributed by atoms with Gasteiger partial charge in [0, 0.05) is 13.1 Å². The molecule has 30 heavy (non-hydrogen) atoms. The van der Waals surface area contributed by atoms with Crippen LogP contribution in [-0.2, 0) is 14.3 Å². The number of amides is 2. The third kappa shape index (κ3) is 13.8. The van der Waals surface area contributed by atoms with Gasteiger partial charge in [0.25, 0.3) is 0 Å². The number of alkyl carbamates (subject to hydrolysis) is 1. The van der Waals surface area contributed by atoms with Gasteiger partial charge in [0.1, 0.15) is 17.7 Å². The van der Waals surface area contributed by atoms with E-state index in [-0.39, 0.29) is 37.9 Å². The molecule has 172 valence electrons. The van der Waals surface area contributed by atoms with Crippen molar-refractivity contribution < 1.29 is 24.2 Å². The van der Waals surface area contributed by atoms with Crippen LogP contribution in [0.15, 0.2) is 9.98 Å². The van der Waals surface area contributed by atoms with Gasteiger partial charge in [0.2, 0.25) is 5.91 Å². The van der Waals surface area contributed by atoms with Gasteiger partial charge in [-0.15, -0.1) is 0 Å². The van der Waals surface area contributed by atoms with Crippen molar-refractivity contribution in [2.75, 3.05) is 13.1 Å². The second-order valence-corrected chi connectivity index (χ2v) is 7.50. The highest BCUT2D eigenvalue weighted by Gasteiger charge is 2.27. The number of carbonyl (C=O) groups excluding carboxylic acids is 2. The molecule has 13 heteroatoms. The molecular formula is C17H34N8O5. The molecule has 0 aliphatic carbocycles.